The summed E-state index contributed by atoms with van der Waals surface area (Å²) in [6, 6.07) is 14.3. The van der Waals surface area contributed by atoms with E-state index < -0.39 is 0 Å². The van der Waals surface area contributed by atoms with Gasteiger partial charge in [0, 0.05) is 12.4 Å². The van der Waals surface area contributed by atoms with Gasteiger partial charge in [-0.1, -0.05) is 6.07 Å². The number of hydrogen-bond donors (Lipinski definition) is 0. The smallest absolute Gasteiger partial charge is 0.132 e. The second-order valence-corrected chi connectivity index (χ2v) is 4.83. The lowest BCUT2D eigenvalue weighted by atomic mass is 10.2. The Hall–Kier alpha value is -2.49. The number of hydrogen-bond acceptors (Lipinski definition) is 2. The Morgan fingerprint density at radius 1 is 1.05 bits per heavy atom. The van der Waals surface area contributed by atoms with Crippen LogP contribution >= 0.6 is 0 Å². The molecule has 0 atom stereocenters. The summed E-state index contributed by atoms with van der Waals surface area (Å²) in [6.45, 7) is 0.386. The highest BCUT2D eigenvalue weighted by atomic mass is 19.1. The number of rotatable bonds is 4. The Balaban J connectivity index is 1.81. The molecule has 0 unspecified atom stereocenters. The van der Waals surface area contributed by atoms with Gasteiger partial charge in [-0.25, -0.2) is 4.39 Å². The van der Waals surface area contributed by atoms with E-state index in [2.05, 4.69) is 0 Å². The molecule has 0 saturated heterocycles. The van der Waals surface area contributed by atoms with Crippen molar-refractivity contribution in [1.82, 2.24) is 4.57 Å². The highest BCUT2D eigenvalue weighted by molar-refractivity contribution is 5.81. The average molecular weight is 285 g/mol. The molecule has 3 aromatic rings. The van der Waals surface area contributed by atoms with Gasteiger partial charge in [-0.15, -0.1) is 0 Å². The van der Waals surface area contributed by atoms with E-state index in [4.69, 9.17) is 9.47 Å². The SMILES string of the molecule is COc1ccc(OCc2cc3c(F)cccc3n2C)cc1. The minimum atomic E-state index is -0.209. The van der Waals surface area contributed by atoms with Crippen molar-refractivity contribution in [1.29, 1.82) is 0 Å². The van der Waals surface area contributed by atoms with E-state index >= 15 is 0 Å². The van der Waals surface area contributed by atoms with Gasteiger partial charge < -0.3 is 14.0 Å². The molecule has 3 rings (SSSR count). The van der Waals surface area contributed by atoms with Gasteiger partial charge >= 0.3 is 0 Å². The van der Waals surface area contributed by atoms with E-state index in [9.17, 15) is 4.39 Å². The lowest BCUT2D eigenvalue weighted by Gasteiger charge is -2.08. The van der Waals surface area contributed by atoms with Crippen LogP contribution in [0.25, 0.3) is 10.9 Å². The van der Waals surface area contributed by atoms with Crippen LogP contribution in [-0.2, 0) is 13.7 Å². The van der Waals surface area contributed by atoms with Gasteiger partial charge in [0.1, 0.15) is 23.9 Å². The zero-order valence-corrected chi connectivity index (χ0v) is 12.0. The highest BCUT2D eigenvalue weighted by Crippen LogP contribution is 2.23. The number of benzene rings is 2. The monoisotopic (exact) mass is 285 g/mol. The van der Waals surface area contributed by atoms with E-state index in [1.54, 1.807) is 13.2 Å². The molecular formula is C17H16FNO2. The van der Waals surface area contributed by atoms with Gasteiger partial charge in [0.25, 0.3) is 0 Å². The van der Waals surface area contributed by atoms with Crippen LogP contribution < -0.4 is 9.47 Å². The zero-order chi connectivity index (χ0) is 14.8. The molecule has 4 heteroatoms. The number of nitrogens with zero attached hydrogens (tertiary/aromatic N) is 1. The first-order valence-electron chi connectivity index (χ1n) is 6.68. The van der Waals surface area contributed by atoms with Crippen molar-refractivity contribution >= 4 is 10.9 Å². The second-order valence-electron chi connectivity index (χ2n) is 4.83. The highest BCUT2D eigenvalue weighted by Gasteiger charge is 2.09. The van der Waals surface area contributed by atoms with Crippen LogP contribution in [0.15, 0.2) is 48.5 Å². The zero-order valence-electron chi connectivity index (χ0n) is 12.0. The molecule has 0 aliphatic carbocycles. The van der Waals surface area contributed by atoms with Gasteiger partial charge in [-0.3, -0.25) is 0 Å². The summed E-state index contributed by atoms with van der Waals surface area (Å²) >= 11 is 0. The molecule has 108 valence electrons. The molecule has 0 aliphatic heterocycles. The van der Waals surface area contributed by atoms with Crippen LogP contribution in [0.2, 0.25) is 0 Å². The summed E-state index contributed by atoms with van der Waals surface area (Å²) < 4.78 is 26.6. The molecule has 0 N–H and O–H groups in total. The van der Waals surface area contributed by atoms with Crippen molar-refractivity contribution in [2.24, 2.45) is 7.05 Å². The predicted molar refractivity (Wildman–Crippen MR) is 80.2 cm³/mol. The number of ether oxygens (including phenoxy) is 2. The number of fused-ring (bicyclic) bond motifs is 1. The third-order valence-corrected chi connectivity index (χ3v) is 3.58. The van der Waals surface area contributed by atoms with Crippen LogP contribution in [0, 0.1) is 5.82 Å². The second kappa shape index (κ2) is 5.48. The van der Waals surface area contributed by atoms with E-state index in [0.29, 0.717) is 12.0 Å². The van der Waals surface area contributed by atoms with Crippen LogP contribution in [0.3, 0.4) is 0 Å². The predicted octanol–water partition coefficient (Wildman–Crippen LogP) is 3.91. The van der Waals surface area contributed by atoms with E-state index in [-0.39, 0.29) is 5.82 Å². The van der Waals surface area contributed by atoms with E-state index in [1.807, 2.05) is 48.0 Å². The standard InChI is InChI=1S/C17H16FNO2/c1-19-12(10-15-16(18)4-3-5-17(15)19)11-21-14-8-6-13(20-2)7-9-14/h3-10H,11H2,1-2H3. The van der Waals surface area contributed by atoms with E-state index in [0.717, 1.165) is 22.7 Å². The quantitative estimate of drug-likeness (QED) is 0.725. The fraction of sp³-hybridized carbons (Fsp3) is 0.176. The largest absolute Gasteiger partial charge is 0.497 e. The van der Waals surface area contributed by atoms with Crippen molar-refractivity contribution in [2.75, 3.05) is 7.11 Å². The Morgan fingerprint density at radius 2 is 1.76 bits per heavy atom. The molecule has 0 aliphatic rings. The van der Waals surface area contributed by atoms with Crippen molar-refractivity contribution in [3.8, 4) is 11.5 Å². The van der Waals surface area contributed by atoms with Gasteiger partial charge in [-0.05, 0) is 42.5 Å². The molecular weight excluding hydrogens is 269 g/mol. The van der Waals surface area contributed by atoms with Gasteiger partial charge in [0.05, 0.1) is 18.3 Å². The maximum absolute atomic E-state index is 13.8. The van der Waals surface area contributed by atoms with Crippen LogP contribution in [0.1, 0.15) is 5.69 Å². The first-order chi connectivity index (χ1) is 10.2. The van der Waals surface area contributed by atoms with Crippen molar-refractivity contribution in [3.05, 3.63) is 60.0 Å². The third-order valence-electron chi connectivity index (χ3n) is 3.58. The molecule has 21 heavy (non-hydrogen) atoms. The number of methoxy groups -OCH3 is 1. The normalized spacial score (nSPS) is 10.8. The summed E-state index contributed by atoms with van der Waals surface area (Å²) in [5, 5.41) is 0.619. The summed E-state index contributed by atoms with van der Waals surface area (Å²) in [6.07, 6.45) is 0. The van der Waals surface area contributed by atoms with Gasteiger partial charge in [0.2, 0.25) is 0 Å². The molecule has 0 bridgehead atoms. The average Bonchev–Trinajstić information content (AvgIpc) is 2.84. The molecule has 1 heterocycles. The Morgan fingerprint density at radius 3 is 2.43 bits per heavy atom. The lowest BCUT2D eigenvalue weighted by molar-refractivity contribution is 0.297. The number of aryl methyl sites for hydroxylation is 1. The fourth-order valence-electron chi connectivity index (χ4n) is 2.35. The molecule has 0 fully saturated rings. The van der Waals surface area contributed by atoms with Crippen LogP contribution in [0.5, 0.6) is 11.5 Å². The summed E-state index contributed by atoms with van der Waals surface area (Å²) in [7, 11) is 3.54. The minimum Gasteiger partial charge on any atom is -0.497 e. The maximum atomic E-state index is 13.8. The summed E-state index contributed by atoms with van der Waals surface area (Å²) in [4.78, 5) is 0. The molecule has 0 spiro atoms. The number of halogens is 1. The van der Waals surface area contributed by atoms with Gasteiger partial charge in [0.15, 0.2) is 0 Å². The van der Waals surface area contributed by atoms with E-state index in [1.165, 1.54) is 6.07 Å². The first-order valence-corrected chi connectivity index (χ1v) is 6.68. The molecule has 0 saturated carbocycles. The van der Waals surface area contributed by atoms with Crippen LogP contribution in [-0.4, -0.2) is 11.7 Å². The van der Waals surface area contributed by atoms with Crippen molar-refractivity contribution in [2.45, 2.75) is 6.61 Å². The van der Waals surface area contributed by atoms with Crippen molar-refractivity contribution < 1.29 is 13.9 Å². The Kier molecular flexibility index (Phi) is 3.52. The topological polar surface area (TPSA) is 23.4 Å². The number of aromatic nitrogens is 1. The fourth-order valence-corrected chi connectivity index (χ4v) is 2.35. The maximum Gasteiger partial charge on any atom is 0.132 e. The first kappa shape index (κ1) is 13.5. The Bertz CT molecular complexity index is 762. The Labute approximate surface area is 122 Å². The summed E-state index contributed by atoms with van der Waals surface area (Å²) in [5.41, 5.74) is 1.79. The molecule has 1 aromatic heterocycles. The van der Waals surface area contributed by atoms with Crippen molar-refractivity contribution in [3.63, 3.8) is 0 Å². The lowest BCUT2D eigenvalue weighted by Crippen LogP contribution is -2.01. The molecule has 2 aromatic carbocycles. The third kappa shape index (κ3) is 2.57. The molecule has 0 radical (unpaired) electrons. The van der Waals surface area contributed by atoms with Gasteiger partial charge in [-0.2, -0.15) is 0 Å². The molecule has 0 amide bonds. The summed E-state index contributed by atoms with van der Waals surface area (Å²) in [5.74, 6) is 1.33. The van der Waals surface area contributed by atoms with Crippen LogP contribution in [0.4, 0.5) is 4.39 Å². The molecule has 3 nitrogen and oxygen atoms in total. The minimum absolute atomic E-state index is 0.209.